The summed E-state index contributed by atoms with van der Waals surface area (Å²) in [6.07, 6.45) is 0.901. The number of hydrogen-bond acceptors (Lipinski definition) is 2. The molecule has 1 aromatic rings. The van der Waals surface area contributed by atoms with Gasteiger partial charge >= 0.3 is 0 Å². The van der Waals surface area contributed by atoms with E-state index in [1.165, 1.54) is 0 Å². The Kier molecular flexibility index (Phi) is 3.75. The largest absolute Gasteiger partial charge is 0.391 e. The van der Waals surface area contributed by atoms with Crippen molar-refractivity contribution >= 4 is 5.91 Å². The highest BCUT2D eigenvalue weighted by molar-refractivity contribution is 5.94. The molecule has 1 unspecified atom stereocenters. The first-order valence-electron chi connectivity index (χ1n) is 5.71. The van der Waals surface area contributed by atoms with Crippen LogP contribution in [0, 0.1) is 29.2 Å². The Morgan fingerprint density at radius 3 is 2.47 bits per heavy atom. The summed E-state index contributed by atoms with van der Waals surface area (Å²) in [5.41, 5.74) is -0.931. The van der Waals surface area contributed by atoms with Gasteiger partial charge < -0.3 is 10.4 Å². The lowest BCUT2D eigenvalue weighted by Gasteiger charge is -2.11. The van der Waals surface area contributed by atoms with Crippen LogP contribution in [0.1, 0.15) is 23.2 Å². The molecule has 1 aliphatic carbocycles. The van der Waals surface area contributed by atoms with Crippen molar-refractivity contribution in [1.29, 1.82) is 0 Å². The van der Waals surface area contributed by atoms with Crippen LogP contribution < -0.4 is 5.32 Å². The van der Waals surface area contributed by atoms with Gasteiger partial charge in [0.2, 0.25) is 0 Å². The highest BCUT2D eigenvalue weighted by Crippen LogP contribution is 2.32. The highest BCUT2D eigenvalue weighted by atomic mass is 19.2. The Labute approximate surface area is 106 Å². The van der Waals surface area contributed by atoms with Gasteiger partial charge in [0, 0.05) is 6.54 Å². The predicted molar refractivity (Wildman–Crippen MR) is 57.3 cm³/mol. The van der Waals surface area contributed by atoms with Crippen molar-refractivity contribution in [3.05, 3.63) is 34.9 Å². The molecule has 1 saturated carbocycles. The van der Waals surface area contributed by atoms with Crippen molar-refractivity contribution in [1.82, 2.24) is 5.32 Å². The predicted octanol–water partition coefficient (Wildman–Crippen LogP) is 1.74. The van der Waals surface area contributed by atoms with Gasteiger partial charge in [-0.05, 0) is 24.8 Å². The van der Waals surface area contributed by atoms with Crippen LogP contribution in [0.5, 0.6) is 0 Å². The molecule has 104 valence electrons. The van der Waals surface area contributed by atoms with Crippen LogP contribution in [-0.2, 0) is 0 Å². The Bertz CT molecular complexity index is 517. The molecule has 7 heteroatoms. The van der Waals surface area contributed by atoms with Crippen molar-refractivity contribution in [2.24, 2.45) is 5.92 Å². The van der Waals surface area contributed by atoms with Crippen molar-refractivity contribution in [2.45, 2.75) is 18.9 Å². The quantitative estimate of drug-likeness (QED) is 0.500. The van der Waals surface area contributed by atoms with Crippen LogP contribution in [0.4, 0.5) is 17.6 Å². The standard InChI is InChI=1S/C12H11F4NO2/c13-7-3-6(9(14)11(16)10(7)15)12(19)17-4-8(18)5-1-2-5/h3,5,8,18H,1-2,4H2,(H,17,19). The molecule has 0 aromatic heterocycles. The minimum Gasteiger partial charge on any atom is -0.391 e. The third-order valence-corrected chi connectivity index (χ3v) is 2.99. The fourth-order valence-electron chi connectivity index (χ4n) is 1.68. The molecule has 0 radical (unpaired) electrons. The monoisotopic (exact) mass is 277 g/mol. The molecule has 1 aliphatic rings. The van der Waals surface area contributed by atoms with Crippen molar-refractivity contribution in [3.8, 4) is 0 Å². The molecule has 0 heterocycles. The number of rotatable bonds is 4. The lowest BCUT2D eigenvalue weighted by Crippen LogP contribution is -2.33. The van der Waals surface area contributed by atoms with Crippen LogP contribution in [0.3, 0.4) is 0 Å². The smallest absolute Gasteiger partial charge is 0.254 e. The average Bonchev–Trinajstić information content (AvgIpc) is 3.21. The summed E-state index contributed by atoms with van der Waals surface area (Å²) < 4.78 is 51.8. The molecule has 0 saturated heterocycles. The zero-order valence-corrected chi connectivity index (χ0v) is 9.72. The Hall–Kier alpha value is -1.63. The van der Waals surface area contributed by atoms with Gasteiger partial charge in [-0.2, -0.15) is 0 Å². The van der Waals surface area contributed by atoms with Crippen molar-refractivity contribution < 1.29 is 27.5 Å². The number of carbonyl (C=O) groups is 1. The Morgan fingerprint density at radius 2 is 1.89 bits per heavy atom. The second-order valence-corrected chi connectivity index (χ2v) is 4.46. The molecule has 19 heavy (non-hydrogen) atoms. The van der Waals surface area contributed by atoms with Crippen molar-refractivity contribution in [2.75, 3.05) is 6.54 Å². The number of aliphatic hydroxyl groups excluding tert-OH is 1. The van der Waals surface area contributed by atoms with Crippen molar-refractivity contribution in [3.63, 3.8) is 0 Å². The molecule has 2 N–H and O–H groups in total. The maximum atomic E-state index is 13.3. The maximum Gasteiger partial charge on any atom is 0.254 e. The Morgan fingerprint density at radius 1 is 1.26 bits per heavy atom. The fraction of sp³-hybridized carbons (Fsp3) is 0.417. The third kappa shape index (κ3) is 2.86. The molecule has 1 fully saturated rings. The fourth-order valence-corrected chi connectivity index (χ4v) is 1.68. The van der Waals surface area contributed by atoms with E-state index >= 15 is 0 Å². The van der Waals surface area contributed by atoms with E-state index < -0.39 is 40.8 Å². The van der Waals surface area contributed by atoms with Gasteiger partial charge in [-0.1, -0.05) is 0 Å². The number of hydrogen-bond donors (Lipinski definition) is 2. The molecule has 0 aliphatic heterocycles. The number of aliphatic hydroxyl groups is 1. The first-order valence-corrected chi connectivity index (χ1v) is 5.71. The van der Waals surface area contributed by atoms with E-state index in [0.717, 1.165) is 12.8 Å². The lowest BCUT2D eigenvalue weighted by atomic mass is 10.1. The van der Waals surface area contributed by atoms with Gasteiger partial charge in [0.25, 0.3) is 5.91 Å². The molecule has 2 rings (SSSR count). The van der Waals surface area contributed by atoms with Crippen LogP contribution in [0.2, 0.25) is 0 Å². The molecular formula is C12H11F4NO2. The maximum absolute atomic E-state index is 13.3. The minimum absolute atomic E-state index is 0.0897. The second-order valence-electron chi connectivity index (χ2n) is 4.46. The molecule has 3 nitrogen and oxygen atoms in total. The summed E-state index contributed by atoms with van der Waals surface area (Å²) in [6.45, 7) is -0.149. The lowest BCUT2D eigenvalue weighted by molar-refractivity contribution is 0.0895. The summed E-state index contributed by atoms with van der Waals surface area (Å²) in [4.78, 5) is 11.5. The molecule has 1 aromatic carbocycles. The second kappa shape index (κ2) is 5.16. The molecule has 1 amide bonds. The summed E-state index contributed by atoms with van der Waals surface area (Å²) >= 11 is 0. The average molecular weight is 277 g/mol. The molecule has 0 spiro atoms. The van der Waals surface area contributed by atoms with Crippen LogP contribution >= 0.6 is 0 Å². The van der Waals surface area contributed by atoms with E-state index in [1.54, 1.807) is 0 Å². The molecular weight excluding hydrogens is 266 g/mol. The van der Waals surface area contributed by atoms with Gasteiger partial charge in [-0.15, -0.1) is 0 Å². The van der Waals surface area contributed by atoms with Gasteiger partial charge in [-0.25, -0.2) is 17.6 Å². The minimum atomic E-state index is -2.03. The molecule has 0 bridgehead atoms. The number of nitrogens with one attached hydrogen (secondary N) is 1. The first kappa shape index (κ1) is 13.8. The van der Waals surface area contributed by atoms with Crippen LogP contribution in [0.15, 0.2) is 6.07 Å². The summed E-state index contributed by atoms with van der Waals surface area (Å²) in [5.74, 6) is -8.41. The van der Waals surface area contributed by atoms with Gasteiger partial charge in [0.1, 0.15) is 0 Å². The van der Waals surface area contributed by atoms with E-state index in [4.69, 9.17) is 0 Å². The number of benzene rings is 1. The normalized spacial score (nSPS) is 16.3. The number of carbonyl (C=O) groups excluding carboxylic acids is 1. The topological polar surface area (TPSA) is 49.3 Å². The van der Waals surface area contributed by atoms with E-state index in [-0.39, 0.29) is 18.5 Å². The number of halogens is 4. The Balaban J connectivity index is 2.10. The van der Waals surface area contributed by atoms with Crippen LogP contribution in [0.25, 0.3) is 0 Å². The number of amides is 1. The summed E-state index contributed by atoms with van der Waals surface area (Å²) in [7, 11) is 0. The molecule has 1 atom stereocenters. The zero-order chi connectivity index (χ0) is 14.2. The third-order valence-electron chi connectivity index (χ3n) is 2.99. The van der Waals surface area contributed by atoms with E-state index in [1.807, 2.05) is 0 Å². The van der Waals surface area contributed by atoms with E-state index in [9.17, 15) is 27.5 Å². The zero-order valence-electron chi connectivity index (χ0n) is 9.72. The van der Waals surface area contributed by atoms with Gasteiger partial charge in [0.05, 0.1) is 11.7 Å². The van der Waals surface area contributed by atoms with E-state index in [2.05, 4.69) is 5.32 Å². The van der Waals surface area contributed by atoms with Gasteiger partial charge in [-0.3, -0.25) is 4.79 Å². The summed E-state index contributed by atoms with van der Waals surface area (Å²) in [6, 6.07) is 0.284. The first-order chi connectivity index (χ1) is 8.91. The van der Waals surface area contributed by atoms with Crippen LogP contribution in [-0.4, -0.2) is 23.7 Å². The SMILES string of the molecule is O=C(NCC(O)C1CC1)c1cc(F)c(F)c(F)c1F. The van der Waals surface area contributed by atoms with E-state index in [0.29, 0.717) is 0 Å². The van der Waals surface area contributed by atoms with Gasteiger partial charge in [0.15, 0.2) is 23.3 Å². The highest BCUT2D eigenvalue weighted by Gasteiger charge is 2.30. The summed E-state index contributed by atoms with van der Waals surface area (Å²) in [5, 5.41) is 11.6.